The molecule has 32 heavy (non-hydrogen) atoms. The molecule has 0 saturated carbocycles. The number of hydrogen-bond acceptors (Lipinski definition) is 5. The summed E-state index contributed by atoms with van der Waals surface area (Å²) in [6.07, 6.45) is 2.17. The SMILES string of the molecule is O=C(CO)Oc1cccc2c1CCCC2C(=O)NN=C(c1ccccc1)c1ccccc1. The predicted octanol–water partition coefficient (Wildman–Crippen LogP) is 3.57. The van der Waals surface area contributed by atoms with E-state index < -0.39 is 18.5 Å². The minimum atomic E-state index is -0.718. The predicted molar refractivity (Wildman–Crippen MR) is 122 cm³/mol. The van der Waals surface area contributed by atoms with Crippen LogP contribution < -0.4 is 10.2 Å². The standard InChI is InChI=1S/C26H24N2O4/c29-17-24(30)32-23-16-8-13-20-21(23)14-7-15-22(20)26(31)28-27-25(18-9-3-1-4-10-18)19-11-5-2-6-12-19/h1-6,8-13,16,22,29H,7,14-15,17H2,(H,28,31). The molecule has 0 saturated heterocycles. The lowest BCUT2D eigenvalue weighted by molar-refractivity contribution is -0.137. The van der Waals surface area contributed by atoms with Gasteiger partial charge in [-0.25, -0.2) is 10.2 Å². The van der Waals surface area contributed by atoms with Gasteiger partial charge in [0.05, 0.1) is 11.6 Å². The highest BCUT2D eigenvalue weighted by Crippen LogP contribution is 2.37. The van der Waals surface area contributed by atoms with Crippen molar-refractivity contribution in [3.8, 4) is 5.75 Å². The van der Waals surface area contributed by atoms with Gasteiger partial charge >= 0.3 is 5.97 Å². The molecule has 6 heteroatoms. The van der Waals surface area contributed by atoms with Gasteiger partial charge in [-0.2, -0.15) is 5.10 Å². The van der Waals surface area contributed by atoms with Crippen LogP contribution in [-0.4, -0.2) is 29.3 Å². The van der Waals surface area contributed by atoms with Gasteiger partial charge in [0.25, 0.3) is 0 Å². The van der Waals surface area contributed by atoms with Gasteiger partial charge in [-0.15, -0.1) is 0 Å². The fraction of sp³-hybridized carbons (Fsp3) is 0.192. The van der Waals surface area contributed by atoms with Crippen molar-refractivity contribution in [3.05, 3.63) is 101 Å². The second-order valence-electron chi connectivity index (χ2n) is 7.57. The second-order valence-corrected chi connectivity index (χ2v) is 7.57. The van der Waals surface area contributed by atoms with Gasteiger partial charge in [-0.1, -0.05) is 72.8 Å². The Morgan fingerprint density at radius 1 is 0.938 bits per heavy atom. The van der Waals surface area contributed by atoms with Crippen molar-refractivity contribution in [3.63, 3.8) is 0 Å². The molecular formula is C26H24N2O4. The maximum absolute atomic E-state index is 13.2. The number of nitrogens with one attached hydrogen (secondary N) is 1. The van der Waals surface area contributed by atoms with Crippen LogP contribution in [0.25, 0.3) is 0 Å². The van der Waals surface area contributed by atoms with Gasteiger partial charge in [0.15, 0.2) is 0 Å². The van der Waals surface area contributed by atoms with Gasteiger partial charge in [-0.05, 0) is 36.5 Å². The third kappa shape index (κ3) is 4.76. The van der Waals surface area contributed by atoms with E-state index in [1.807, 2.05) is 66.7 Å². The molecule has 0 fully saturated rings. The Morgan fingerprint density at radius 3 is 2.22 bits per heavy atom. The monoisotopic (exact) mass is 428 g/mol. The Kier molecular flexibility index (Phi) is 6.72. The number of esters is 1. The Balaban J connectivity index is 1.61. The molecule has 0 spiro atoms. The third-order valence-electron chi connectivity index (χ3n) is 5.51. The van der Waals surface area contributed by atoms with E-state index in [9.17, 15) is 9.59 Å². The highest BCUT2D eigenvalue weighted by molar-refractivity contribution is 6.13. The summed E-state index contributed by atoms with van der Waals surface area (Å²) in [4.78, 5) is 24.7. The first-order valence-corrected chi connectivity index (χ1v) is 10.6. The van der Waals surface area contributed by atoms with Gasteiger partial charge in [0.1, 0.15) is 12.4 Å². The Morgan fingerprint density at radius 2 is 1.59 bits per heavy atom. The molecule has 0 aliphatic heterocycles. The maximum Gasteiger partial charge on any atom is 0.337 e. The summed E-state index contributed by atoms with van der Waals surface area (Å²) in [6.45, 7) is -0.690. The molecule has 162 valence electrons. The van der Waals surface area contributed by atoms with Crippen LogP contribution in [0.3, 0.4) is 0 Å². The van der Waals surface area contributed by atoms with E-state index in [1.165, 1.54) is 0 Å². The summed E-state index contributed by atoms with van der Waals surface area (Å²) >= 11 is 0. The molecule has 1 amide bonds. The largest absolute Gasteiger partial charge is 0.425 e. The summed E-state index contributed by atoms with van der Waals surface area (Å²) < 4.78 is 5.26. The number of rotatable bonds is 6. The lowest BCUT2D eigenvalue weighted by atomic mass is 9.82. The molecule has 2 N–H and O–H groups in total. The molecule has 6 nitrogen and oxygen atoms in total. The van der Waals surface area contributed by atoms with Crippen molar-refractivity contribution in [1.82, 2.24) is 5.43 Å². The molecule has 0 aromatic heterocycles. The van der Waals surface area contributed by atoms with Crippen molar-refractivity contribution in [1.29, 1.82) is 0 Å². The van der Waals surface area contributed by atoms with E-state index in [0.29, 0.717) is 24.3 Å². The number of ether oxygens (including phenoxy) is 1. The average molecular weight is 428 g/mol. The van der Waals surface area contributed by atoms with E-state index in [1.54, 1.807) is 12.1 Å². The van der Waals surface area contributed by atoms with E-state index in [4.69, 9.17) is 9.84 Å². The first-order chi connectivity index (χ1) is 15.7. The van der Waals surface area contributed by atoms with E-state index >= 15 is 0 Å². The fourth-order valence-corrected chi connectivity index (χ4v) is 4.01. The summed E-state index contributed by atoms with van der Waals surface area (Å²) in [6, 6.07) is 24.7. The van der Waals surface area contributed by atoms with Crippen LogP contribution in [0, 0.1) is 0 Å². The van der Waals surface area contributed by atoms with Crippen molar-refractivity contribution in [2.75, 3.05) is 6.61 Å². The minimum Gasteiger partial charge on any atom is -0.425 e. The zero-order chi connectivity index (χ0) is 22.3. The summed E-state index contributed by atoms with van der Waals surface area (Å²) in [5.41, 5.74) is 6.91. The normalized spacial score (nSPS) is 14.7. The number of aliphatic hydroxyl groups is 1. The molecule has 1 aliphatic carbocycles. The summed E-state index contributed by atoms with van der Waals surface area (Å²) in [7, 11) is 0. The molecule has 1 unspecified atom stereocenters. The van der Waals surface area contributed by atoms with E-state index in [0.717, 1.165) is 28.7 Å². The molecule has 1 atom stereocenters. The molecule has 0 heterocycles. The topological polar surface area (TPSA) is 88.0 Å². The van der Waals surface area contributed by atoms with E-state index in [-0.39, 0.29) is 5.91 Å². The maximum atomic E-state index is 13.2. The smallest absolute Gasteiger partial charge is 0.337 e. The van der Waals surface area contributed by atoms with Crippen LogP contribution >= 0.6 is 0 Å². The number of nitrogens with zero attached hydrogens (tertiary/aromatic N) is 1. The van der Waals surface area contributed by atoms with Gasteiger partial charge in [0.2, 0.25) is 5.91 Å². The first kappa shape index (κ1) is 21.5. The van der Waals surface area contributed by atoms with Crippen molar-refractivity contribution in [2.24, 2.45) is 5.10 Å². The van der Waals surface area contributed by atoms with Crippen molar-refractivity contribution < 1.29 is 19.4 Å². The number of carbonyl (C=O) groups excluding carboxylic acids is 2. The van der Waals surface area contributed by atoms with Crippen LogP contribution in [0.15, 0.2) is 84.0 Å². The quantitative estimate of drug-likeness (QED) is 0.272. The van der Waals surface area contributed by atoms with Crippen LogP contribution in [0.4, 0.5) is 0 Å². The number of carbonyl (C=O) groups is 2. The first-order valence-electron chi connectivity index (χ1n) is 10.6. The molecule has 0 radical (unpaired) electrons. The minimum absolute atomic E-state index is 0.207. The Hall–Kier alpha value is -3.77. The number of hydrogen-bond donors (Lipinski definition) is 2. The summed E-state index contributed by atoms with van der Waals surface area (Å²) in [5, 5.41) is 13.5. The van der Waals surface area contributed by atoms with Crippen molar-refractivity contribution >= 4 is 17.6 Å². The van der Waals surface area contributed by atoms with E-state index in [2.05, 4.69) is 10.5 Å². The molecule has 3 aromatic carbocycles. The zero-order valence-electron chi connectivity index (χ0n) is 17.5. The Labute approximate surface area is 186 Å². The zero-order valence-corrected chi connectivity index (χ0v) is 17.5. The van der Waals surface area contributed by atoms with Crippen LogP contribution in [-0.2, 0) is 16.0 Å². The highest BCUT2D eigenvalue weighted by Gasteiger charge is 2.29. The Bertz CT molecular complexity index is 1090. The average Bonchev–Trinajstić information content (AvgIpc) is 2.85. The molecule has 3 aromatic rings. The number of amides is 1. The fourth-order valence-electron chi connectivity index (χ4n) is 4.01. The van der Waals surface area contributed by atoms with Crippen LogP contribution in [0.2, 0.25) is 0 Å². The van der Waals surface area contributed by atoms with Crippen molar-refractivity contribution in [2.45, 2.75) is 25.2 Å². The molecule has 4 rings (SSSR count). The van der Waals surface area contributed by atoms with Gasteiger partial charge < -0.3 is 9.84 Å². The molecule has 1 aliphatic rings. The number of benzene rings is 3. The highest BCUT2D eigenvalue weighted by atomic mass is 16.5. The molecule has 0 bridgehead atoms. The lowest BCUT2D eigenvalue weighted by Crippen LogP contribution is -2.29. The third-order valence-corrected chi connectivity index (χ3v) is 5.51. The van der Waals surface area contributed by atoms with Gasteiger partial charge in [-0.3, -0.25) is 4.79 Å². The van der Waals surface area contributed by atoms with Crippen LogP contribution in [0.1, 0.15) is 41.0 Å². The lowest BCUT2D eigenvalue weighted by Gasteiger charge is -2.25. The number of fused-ring (bicyclic) bond motifs is 1. The number of hydrazone groups is 1. The second kappa shape index (κ2) is 10.0. The molecular weight excluding hydrogens is 404 g/mol. The summed E-state index contributed by atoms with van der Waals surface area (Å²) in [5.74, 6) is -0.925. The number of aliphatic hydroxyl groups excluding tert-OH is 1. The van der Waals surface area contributed by atoms with Crippen LogP contribution in [0.5, 0.6) is 5.75 Å². The van der Waals surface area contributed by atoms with Gasteiger partial charge in [0, 0.05) is 11.1 Å².